The molecular formula is C19H12BrN3O2. The summed E-state index contributed by atoms with van der Waals surface area (Å²) >= 11 is 3.39. The lowest BCUT2D eigenvalue weighted by Crippen LogP contribution is -2.00. The molecule has 2 aromatic heterocycles. The molecule has 5 nitrogen and oxygen atoms in total. The molecule has 0 radical (unpaired) electrons. The Bertz CT molecular complexity index is 1070. The van der Waals surface area contributed by atoms with Gasteiger partial charge in [-0.25, -0.2) is 9.78 Å². The van der Waals surface area contributed by atoms with Crippen molar-refractivity contribution in [2.24, 2.45) is 0 Å². The first-order valence-corrected chi connectivity index (χ1v) is 8.36. The highest BCUT2D eigenvalue weighted by atomic mass is 79.9. The lowest BCUT2D eigenvalue weighted by Gasteiger charge is -2.06. The first kappa shape index (κ1) is 15.5. The van der Waals surface area contributed by atoms with Gasteiger partial charge in [-0.1, -0.05) is 58.4 Å². The third kappa shape index (κ3) is 2.81. The number of benzene rings is 2. The molecule has 4 aromatic rings. The maximum atomic E-state index is 11.9. The Morgan fingerprint density at radius 3 is 2.40 bits per heavy atom. The summed E-state index contributed by atoms with van der Waals surface area (Å²) in [4.78, 5) is 16.4. The van der Waals surface area contributed by atoms with Crippen LogP contribution in [-0.4, -0.2) is 26.3 Å². The zero-order chi connectivity index (χ0) is 17.4. The number of carboxylic acids is 1. The number of carboxylic acid groups (broad SMARTS) is 1. The standard InChI is InChI=1S/C19H12BrN3O2/c20-13-8-6-11(7-9-13)15-10-14(19(24)25)16-17(22-23-18(16)21-15)12-4-2-1-3-5-12/h1-10H,(H,24,25)(H,21,22,23). The smallest absolute Gasteiger partial charge is 0.336 e. The van der Waals surface area contributed by atoms with E-state index in [-0.39, 0.29) is 5.56 Å². The zero-order valence-corrected chi connectivity index (χ0v) is 14.5. The van der Waals surface area contributed by atoms with Crippen LogP contribution in [0.1, 0.15) is 10.4 Å². The van der Waals surface area contributed by atoms with Crippen molar-refractivity contribution >= 4 is 32.9 Å². The molecule has 0 unspecified atom stereocenters. The van der Waals surface area contributed by atoms with E-state index in [9.17, 15) is 9.90 Å². The van der Waals surface area contributed by atoms with E-state index in [4.69, 9.17) is 0 Å². The Labute approximate surface area is 151 Å². The molecule has 0 atom stereocenters. The molecule has 6 heteroatoms. The normalized spacial score (nSPS) is 10.9. The molecule has 2 heterocycles. The Balaban J connectivity index is 1.97. The van der Waals surface area contributed by atoms with Gasteiger partial charge in [0, 0.05) is 15.6 Å². The minimum absolute atomic E-state index is 0.176. The van der Waals surface area contributed by atoms with Gasteiger partial charge in [0.25, 0.3) is 0 Å². The van der Waals surface area contributed by atoms with Gasteiger partial charge in [0.2, 0.25) is 0 Å². The number of hydrogen-bond donors (Lipinski definition) is 2. The first-order valence-electron chi connectivity index (χ1n) is 7.57. The molecule has 0 saturated carbocycles. The molecule has 0 bridgehead atoms. The van der Waals surface area contributed by atoms with Crippen LogP contribution in [0.15, 0.2) is 65.1 Å². The lowest BCUT2D eigenvalue weighted by molar-refractivity contribution is 0.0699. The van der Waals surface area contributed by atoms with Crippen molar-refractivity contribution in [1.82, 2.24) is 15.2 Å². The van der Waals surface area contributed by atoms with Crippen LogP contribution in [0.25, 0.3) is 33.5 Å². The second kappa shape index (κ2) is 6.14. The topological polar surface area (TPSA) is 78.9 Å². The zero-order valence-electron chi connectivity index (χ0n) is 12.9. The van der Waals surface area contributed by atoms with Gasteiger partial charge in [-0.15, -0.1) is 0 Å². The Morgan fingerprint density at radius 1 is 1.00 bits per heavy atom. The molecule has 25 heavy (non-hydrogen) atoms. The van der Waals surface area contributed by atoms with Crippen LogP contribution in [0.3, 0.4) is 0 Å². The quantitative estimate of drug-likeness (QED) is 0.526. The fourth-order valence-electron chi connectivity index (χ4n) is 2.77. The fourth-order valence-corrected chi connectivity index (χ4v) is 3.04. The summed E-state index contributed by atoms with van der Waals surface area (Å²) in [5, 5.41) is 17.4. The number of nitrogens with one attached hydrogen (secondary N) is 1. The van der Waals surface area contributed by atoms with Crippen molar-refractivity contribution in [3.8, 4) is 22.5 Å². The van der Waals surface area contributed by atoms with Crippen molar-refractivity contribution in [1.29, 1.82) is 0 Å². The van der Waals surface area contributed by atoms with Crippen LogP contribution < -0.4 is 0 Å². The number of aromatic amines is 1. The van der Waals surface area contributed by atoms with E-state index in [0.29, 0.717) is 22.4 Å². The molecule has 0 spiro atoms. The molecule has 4 rings (SSSR count). The Kier molecular flexibility index (Phi) is 3.82. The van der Waals surface area contributed by atoms with Crippen LogP contribution >= 0.6 is 15.9 Å². The largest absolute Gasteiger partial charge is 0.478 e. The number of pyridine rings is 1. The van der Waals surface area contributed by atoms with Crippen LogP contribution in [0.4, 0.5) is 0 Å². The van der Waals surface area contributed by atoms with E-state index in [2.05, 4.69) is 31.1 Å². The number of fused-ring (bicyclic) bond motifs is 1. The van der Waals surface area contributed by atoms with E-state index in [1.54, 1.807) is 6.07 Å². The first-order chi connectivity index (χ1) is 12.1. The Morgan fingerprint density at radius 2 is 1.72 bits per heavy atom. The Hall–Kier alpha value is -2.99. The van der Waals surface area contributed by atoms with Crippen molar-refractivity contribution in [3.05, 3.63) is 70.7 Å². The maximum Gasteiger partial charge on any atom is 0.336 e. The van der Waals surface area contributed by atoms with E-state index in [0.717, 1.165) is 15.6 Å². The molecule has 0 aliphatic rings. The summed E-state index contributed by atoms with van der Waals surface area (Å²) in [7, 11) is 0. The average molecular weight is 394 g/mol. The predicted molar refractivity (Wildman–Crippen MR) is 99.4 cm³/mol. The predicted octanol–water partition coefficient (Wildman–Crippen LogP) is 4.75. The van der Waals surface area contributed by atoms with Crippen LogP contribution in [0.5, 0.6) is 0 Å². The number of nitrogens with zero attached hydrogens (tertiary/aromatic N) is 2. The average Bonchev–Trinajstić information content (AvgIpc) is 3.06. The number of aromatic nitrogens is 3. The minimum Gasteiger partial charge on any atom is -0.478 e. The molecule has 0 fully saturated rings. The number of hydrogen-bond acceptors (Lipinski definition) is 3. The number of aromatic carboxylic acids is 1. The number of H-pyrrole nitrogens is 1. The van der Waals surface area contributed by atoms with Gasteiger partial charge in [-0.2, -0.15) is 5.10 Å². The van der Waals surface area contributed by atoms with Crippen molar-refractivity contribution < 1.29 is 9.90 Å². The highest BCUT2D eigenvalue weighted by Crippen LogP contribution is 2.31. The molecule has 2 N–H and O–H groups in total. The fraction of sp³-hybridized carbons (Fsp3) is 0. The molecule has 2 aromatic carbocycles. The SMILES string of the molecule is O=C(O)c1cc(-c2ccc(Br)cc2)nc2n[nH]c(-c3ccccc3)c12. The molecule has 0 amide bonds. The summed E-state index contributed by atoms with van der Waals surface area (Å²) in [5.74, 6) is -1.01. The molecular weight excluding hydrogens is 382 g/mol. The van der Waals surface area contributed by atoms with Crippen molar-refractivity contribution in [2.75, 3.05) is 0 Å². The number of halogens is 1. The molecule has 0 aliphatic heterocycles. The summed E-state index contributed by atoms with van der Waals surface area (Å²) < 4.78 is 0.946. The summed E-state index contributed by atoms with van der Waals surface area (Å²) in [6, 6.07) is 18.6. The minimum atomic E-state index is -1.01. The second-order valence-corrected chi connectivity index (χ2v) is 6.45. The lowest BCUT2D eigenvalue weighted by atomic mass is 10.0. The highest BCUT2D eigenvalue weighted by molar-refractivity contribution is 9.10. The monoisotopic (exact) mass is 393 g/mol. The molecule has 122 valence electrons. The van der Waals surface area contributed by atoms with E-state index in [1.165, 1.54) is 0 Å². The van der Waals surface area contributed by atoms with Gasteiger partial charge in [0.05, 0.1) is 22.3 Å². The van der Waals surface area contributed by atoms with Gasteiger partial charge >= 0.3 is 5.97 Å². The van der Waals surface area contributed by atoms with Gasteiger partial charge in [0.1, 0.15) is 0 Å². The highest BCUT2D eigenvalue weighted by Gasteiger charge is 2.19. The van der Waals surface area contributed by atoms with Crippen molar-refractivity contribution in [3.63, 3.8) is 0 Å². The summed E-state index contributed by atoms with van der Waals surface area (Å²) in [5.41, 5.74) is 3.49. The summed E-state index contributed by atoms with van der Waals surface area (Å²) in [6.07, 6.45) is 0. The van der Waals surface area contributed by atoms with Gasteiger partial charge in [0.15, 0.2) is 5.65 Å². The van der Waals surface area contributed by atoms with Crippen molar-refractivity contribution in [2.45, 2.75) is 0 Å². The van der Waals surface area contributed by atoms with Crippen LogP contribution in [-0.2, 0) is 0 Å². The third-order valence-corrected chi connectivity index (χ3v) is 4.49. The van der Waals surface area contributed by atoms with E-state index >= 15 is 0 Å². The van der Waals surface area contributed by atoms with Gasteiger partial charge in [-0.05, 0) is 18.2 Å². The number of carbonyl (C=O) groups is 1. The molecule has 0 aliphatic carbocycles. The van der Waals surface area contributed by atoms with Crippen LogP contribution in [0.2, 0.25) is 0 Å². The van der Waals surface area contributed by atoms with Gasteiger partial charge in [-0.3, -0.25) is 5.10 Å². The third-order valence-electron chi connectivity index (χ3n) is 3.96. The summed E-state index contributed by atoms with van der Waals surface area (Å²) in [6.45, 7) is 0. The van der Waals surface area contributed by atoms with E-state index in [1.807, 2.05) is 54.6 Å². The molecule has 0 saturated heterocycles. The van der Waals surface area contributed by atoms with Crippen LogP contribution in [0, 0.1) is 0 Å². The van der Waals surface area contributed by atoms with E-state index < -0.39 is 5.97 Å². The van der Waals surface area contributed by atoms with Gasteiger partial charge < -0.3 is 5.11 Å². The number of rotatable bonds is 3. The maximum absolute atomic E-state index is 11.9. The second-order valence-electron chi connectivity index (χ2n) is 5.53.